The minimum Gasteiger partial charge on any atom is -0.361 e. The number of hydrogen-bond acceptors (Lipinski definition) is 3. The summed E-state index contributed by atoms with van der Waals surface area (Å²) in [6, 6.07) is 6.69. The van der Waals surface area contributed by atoms with Crippen LogP contribution in [0.25, 0.3) is 10.9 Å². The topological polar surface area (TPSA) is 85.5 Å². The van der Waals surface area contributed by atoms with E-state index in [0.717, 1.165) is 21.4 Å². The molecule has 0 unspecified atom stereocenters. The fourth-order valence-corrected chi connectivity index (χ4v) is 3.78. The molecule has 1 aliphatic rings. The number of para-hydroxylation sites is 1. The van der Waals surface area contributed by atoms with E-state index in [9.17, 15) is 14.4 Å². The largest absolute Gasteiger partial charge is 0.361 e. The third-order valence-electron chi connectivity index (χ3n) is 5.02. The Balaban J connectivity index is 1.68. The summed E-state index contributed by atoms with van der Waals surface area (Å²) >= 11 is 0. The fraction of sp³-hybridized carbons (Fsp3) is 0.500. The summed E-state index contributed by atoms with van der Waals surface area (Å²) in [6.45, 7) is 9.20. The Morgan fingerprint density at radius 3 is 2.41 bits per heavy atom. The fourth-order valence-electron chi connectivity index (χ4n) is 3.78. The first-order chi connectivity index (χ1) is 13.8. The van der Waals surface area contributed by atoms with Crippen molar-refractivity contribution in [1.82, 2.24) is 20.1 Å². The van der Waals surface area contributed by atoms with Crippen LogP contribution in [-0.2, 0) is 16.0 Å². The molecule has 3 rings (SSSR count). The van der Waals surface area contributed by atoms with Gasteiger partial charge in [0, 0.05) is 36.6 Å². The number of urea groups is 1. The van der Waals surface area contributed by atoms with Crippen LogP contribution in [0.3, 0.4) is 0 Å². The predicted molar refractivity (Wildman–Crippen MR) is 112 cm³/mol. The van der Waals surface area contributed by atoms with E-state index in [0.29, 0.717) is 31.3 Å². The second-order valence-corrected chi connectivity index (χ2v) is 8.58. The van der Waals surface area contributed by atoms with E-state index in [-0.39, 0.29) is 18.4 Å². The Morgan fingerprint density at radius 2 is 1.76 bits per heavy atom. The van der Waals surface area contributed by atoms with Crippen molar-refractivity contribution in [3.63, 3.8) is 0 Å². The van der Waals surface area contributed by atoms with E-state index in [4.69, 9.17) is 0 Å². The molecule has 29 heavy (non-hydrogen) atoms. The smallest absolute Gasteiger partial charge is 0.325 e. The van der Waals surface area contributed by atoms with Crippen LogP contribution in [0.4, 0.5) is 4.79 Å². The van der Waals surface area contributed by atoms with Crippen LogP contribution in [0.5, 0.6) is 0 Å². The summed E-state index contributed by atoms with van der Waals surface area (Å²) in [5.41, 5.74) is 1.96. The van der Waals surface area contributed by atoms with Crippen LogP contribution in [0.15, 0.2) is 30.5 Å². The Hall–Kier alpha value is -2.83. The lowest BCUT2D eigenvalue weighted by molar-refractivity contribution is -0.138. The molecule has 2 heterocycles. The normalized spacial score (nSPS) is 16.9. The summed E-state index contributed by atoms with van der Waals surface area (Å²) in [6.07, 6.45) is 2.26. The standard InChI is InChI=1S/C22H30N4O3/c1-14(2)11-25(12-15(3)4)20(27)13-26-21(28)19(24-22(26)29)9-16-10-23-18-8-6-5-7-17(16)18/h5-8,10,14-15,19,23H,9,11-13H2,1-4H3,(H,24,29)/t19-/m0/s1. The molecule has 2 N–H and O–H groups in total. The number of imide groups is 1. The van der Waals surface area contributed by atoms with Crippen molar-refractivity contribution >= 4 is 28.7 Å². The van der Waals surface area contributed by atoms with Crippen LogP contribution >= 0.6 is 0 Å². The minimum atomic E-state index is -0.654. The highest BCUT2D eigenvalue weighted by atomic mass is 16.2. The number of aromatic nitrogens is 1. The average Bonchev–Trinajstić information content (AvgIpc) is 3.17. The molecule has 0 spiro atoms. The highest BCUT2D eigenvalue weighted by molar-refractivity contribution is 6.06. The highest BCUT2D eigenvalue weighted by Gasteiger charge is 2.39. The zero-order chi connectivity index (χ0) is 21.1. The molecule has 1 aromatic carbocycles. The van der Waals surface area contributed by atoms with Gasteiger partial charge in [0.05, 0.1) is 0 Å². The number of amides is 4. The van der Waals surface area contributed by atoms with Crippen molar-refractivity contribution in [2.24, 2.45) is 11.8 Å². The van der Waals surface area contributed by atoms with Gasteiger partial charge in [-0.15, -0.1) is 0 Å². The zero-order valence-corrected chi connectivity index (χ0v) is 17.6. The second-order valence-electron chi connectivity index (χ2n) is 8.58. The number of aromatic amines is 1. The maximum absolute atomic E-state index is 12.8. The van der Waals surface area contributed by atoms with Crippen LogP contribution in [-0.4, -0.2) is 58.3 Å². The van der Waals surface area contributed by atoms with Crippen molar-refractivity contribution in [2.75, 3.05) is 19.6 Å². The molecule has 1 fully saturated rings. The van der Waals surface area contributed by atoms with E-state index in [1.807, 2.05) is 58.2 Å². The zero-order valence-electron chi connectivity index (χ0n) is 17.6. The first-order valence-corrected chi connectivity index (χ1v) is 10.2. The average molecular weight is 399 g/mol. The molecule has 0 bridgehead atoms. The summed E-state index contributed by atoms with van der Waals surface area (Å²) in [5, 5.41) is 3.77. The molecule has 0 radical (unpaired) electrons. The van der Waals surface area contributed by atoms with Gasteiger partial charge in [0.1, 0.15) is 12.6 Å². The number of nitrogens with zero attached hydrogens (tertiary/aromatic N) is 2. The summed E-state index contributed by atoms with van der Waals surface area (Å²) < 4.78 is 0. The number of nitrogens with one attached hydrogen (secondary N) is 2. The molecule has 1 atom stereocenters. The van der Waals surface area contributed by atoms with Crippen LogP contribution in [0.1, 0.15) is 33.3 Å². The summed E-state index contributed by atoms with van der Waals surface area (Å²) in [5.74, 6) is 0.0946. The van der Waals surface area contributed by atoms with Gasteiger partial charge in [0.15, 0.2) is 0 Å². The van der Waals surface area contributed by atoms with E-state index in [1.165, 1.54) is 0 Å². The molecule has 1 aromatic heterocycles. The molecule has 4 amide bonds. The first-order valence-electron chi connectivity index (χ1n) is 10.2. The van der Waals surface area contributed by atoms with Crippen LogP contribution in [0.2, 0.25) is 0 Å². The summed E-state index contributed by atoms with van der Waals surface area (Å²) in [7, 11) is 0. The molecule has 7 nitrogen and oxygen atoms in total. The molecular weight excluding hydrogens is 368 g/mol. The first kappa shape index (κ1) is 20.9. The number of benzene rings is 1. The van der Waals surface area contributed by atoms with Crippen molar-refractivity contribution in [2.45, 2.75) is 40.2 Å². The van der Waals surface area contributed by atoms with Gasteiger partial charge in [0.25, 0.3) is 5.91 Å². The van der Waals surface area contributed by atoms with Gasteiger partial charge in [-0.05, 0) is 23.5 Å². The molecule has 0 aliphatic carbocycles. The number of carbonyl (C=O) groups is 3. The molecular formula is C22H30N4O3. The monoisotopic (exact) mass is 398 g/mol. The van der Waals surface area contributed by atoms with E-state index in [2.05, 4.69) is 10.3 Å². The molecule has 2 aromatic rings. The predicted octanol–water partition coefficient (Wildman–Crippen LogP) is 2.77. The Kier molecular flexibility index (Phi) is 6.25. The summed E-state index contributed by atoms with van der Waals surface area (Å²) in [4.78, 5) is 44.0. The van der Waals surface area contributed by atoms with Gasteiger partial charge >= 0.3 is 6.03 Å². The molecule has 7 heteroatoms. The Bertz CT molecular complexity index is 892. The minimum absolute atomic E-state index is 0.191. The number of rotatable bonds is 8. The molecule has 1 aliphatic heterocycles. The number of fused-ring (bicyclic) bond motifs is 1. The number of carbonyl (C=O) groups excluding carboxylic acids is 3. The maximum atomic E-state index is 12.8. The maximum Gasteiger partial charge on any atom is 0.325 e. The van der Waals surface area contributed by atoms with Gasteiger partial charge in [-0.1, -0.05) is 45.9 Å². The quantitative estimate of drug-likeness (QED) is 0.671. The van der Waals surface area contributed by atoms with E-state index in [1.54, 1.807) is 4.90 Å². The van der Waals surface area contributed by atoms with E-state index >= 15 is 0 Å². The van der Waals surface area contributed by atoms with Gasteiger partial charge < -0.3 is 15.2 Å². The Morgan fingerprint density at radius 1 is 1.10 bits per heavy atom. The third-order valence-corrected chi connectivity index (χ3v) is 5.02. The molecule has 1 saturated heterocycles. The van der Waals surface area contributed by atoms with Crippen LogP contribution in [0, 0.1) is 11.8 Å². The van der Waals surface area contributed by atoms with Gasteiger partial charge in [-0.2, -0.15) is 0 Å². The number of hydrogen-bond donors (Lipinski definition) is 2. The highest BCUT2D eigenvalue weighted by Crippen LogP contribution is 2.21. The molecule has 156 valence electrons. The van der Waals surface area contributed by atoms with Gasteiger partial charge in [0.2, 0.25) is 5.91 Å². The van der Waals surface area contributed by atoms with Gasteiger partial charge in [-0.3, -0.25) is 14.5 Å². The number of H-pyrrole nitrogens is 1. The van der Waals surface area contributed by atoms with Crippen molar-refractivity contribution in [3.8, 4) is 0 Å². The lowest BCUT2D eigenvalue weighted by Gasteiger charge is -2.27. The van der Waals surface area contributed by atoms with Crippen molar-refractivity contribution in [1.29, 1.82) is 0 Å². The lowest BCUT2D eigenvalue weighted by Crippen LogP contribution is -2.45. The van der Waals surface area contributed by atoms with Crippen molar-refractivity contribution < 1.29 is 14.4 Å². The molecule has 0 saturated carbocycles. The van der Waals surface area contributed by atoms with E-state index < -0.39 is 12.1 Å². The van der Waals surface area contributed by atoms with Crippen LogP contribution < -0.4 is 5.32 Å². The van der Waals surface area contributed by atoms with Gasteiger partial charge in [-0.25, -0.2) is 4.79 Å². The second kappa shape index (κ2) is 8.68. The third kappa shape index (κ3) is 4.78. The Labute approximate surface area is 171 Å². The lowest BCUT2D eigenvalue weighted by atomic mass is 10.1. The SMILES string of the molecule is CC(C)CN(CC(C)C)C(=O)CN1C(=O)N[C@@H](Cc2c[nH]c3ccccc23)C1=O. The van der Waals surface area contributed by atoms with Crippen molar-refractivity contribution in [3.05, 3.63) is 36.0 Å².